The molecule has 0 spiro atoms. The highest BCUT2D eigenvalue weighted by Crippen LogP contribution is 2.22. The first-order valence-electron chi connectivity index (χ1n) is 7.64. The van der Waals surface area contributed by atoms with Crippen LogP contribution in [0.3, 0.4) is 0 Å². The summed E-state index contributed by atoms with van der Waals surface area (Å²) in [6, 6.07) is 12.9. The van der Waals surface area contributed by atoms with Crippen molar-refractivity contribution in [1.29, 1.82) is 0 Å². The fourth-order valence-corrected chi connectivity index (χ4v) is 2.77. The number of nitrogens with zero attached hydrogens (tertiary/aromatic N) is 2. The molecule has 0 aliphatic heterocycles. The number of hydrogen-bond acceptors (Lipinski definition) is 4. The molecule has 0 atom stereocenters. The van der Waals surface area contributed by atoms with Crippen molar-refractivity contribution in [2.75, 3.05) is 7.11 Å². The van der Waals surface area contributed by atoms with Crippen molar-refractivity contribution >= 4 is 21.8 Å². The molecule has 0 saturated carbocycles. The molecule has 0 radical (unpaired) electrons. The first-order chi connectivity index (χ1) is 12.2. The minimum Gasteiger partial charge on any atom is -0.497 e. The number of amides is 1. The number of nitrogens with one attached hydrogen (secondary N) is 1. The van der Waals surface area contributed by atoms with Crippen LogP contribution >= 0.6 is 15.9 Å². The van der Waals surface area contributed by atoms with Crippen molar-refractivity contribution in [2.45, 2.75) is 6.54 Å². The van der Waals surface area contributed by atoms with Crippen molar-refractivity contribution in [3.05, 3.63) is 76.7 Å². The Morgan fingerprint density at radius 1 is 1.12 bits per heavy atom. The van der Waals surface area contributed by atoms with E-state index in [0.717, 1.165) is 21.3 Å². The van der Waals surface area contributed by atoms with Gasteiger partial charge in [0.1, 0.15) is 5.75 Å². The molecule has 5 nitrogen and oxygen atoms in total. The number of rotatable bonds is 5. The number of hydrogen-bond donors (Lipinski definition) is 1. The standard InChI is InChI=1S/C19H16BrN3O2/c1-25-15-2-3-17(20)16(11-15)19(24)23-12-13-4-9-22-18(10-13)14-5-7-21-8-6-14/h2-11H,12H2,1H3,(H,23,24). The topological polar surface area (TPSA) is 64.1 Å². The van der Waals surface area contributed by atoms with Crippen LogP contribution in [0.2, 0.25) is 0 Å². The maximum absolute atomic E-state index is 12.4. The monoisotopic (exact) mass is 397 g/mol. The predicted octanol–water partition coefficient (Wildman–Crippen LogP) is 3.84. The zero-order valence-electron chi connectivity index (χ0n) is 13.6. The molecule has 0 bridgehead atoms. The summed E-state index contributed by atoms with van der Waals surface area (Å²) in [6.07, 6.45) is 5.19. The van der Waals surface area contributed by atoms with Gasteiger partial charge in [-0.1, -0.05) is 0 Å². The first-order valence-corrected chi connectivity index (χ1v) is 8.44. The molecule has 25 heavy (non-hydrogen) atoms. The van der Waals surface area contributed by atoms with Crippen LogP contribution in [0, 0.1) is 0 Å². The Hall–Kier alpha value is -2.73. The molecule has 6 heteroatoms. The molecule has 0 unspecified atom stereocenters. The van der Waals surface area contributed by atoms with Gasteiger partial charge in [0.25, 0.3) is 5.91 Å². The number of aromatic nitrogens is 2. The lowest BCUT2D eigenvalue weighted by Gasteiger charge is -2.09. The van der Waals surface area contributed by atoms with E-state index in [1.807, 2.05) is 24.3 Å². The Kier molecular flexibility index (Phi) is 5.40. The molecule has 0 aliphatic carbocycles. The Labute approximate surface area is 154 Å². The number of benzene rings is 1. The zero-order valence-corrected chi connectivity index (χ0v) is 15.2. The van der Waals surface area contributed by atoms with Gasteiger partial charge in [-0.2, -0.15) is 0 Å². The minimum atomic E-state index is -0.173. The smallest absolute Gasteiger partial charge is 0.252 e. The molecule has 1 amide bonds. The van der Waals surface area contributed by atoms with Crippen LogP contribution in [-0.4, -0.2) is 23.0 Å². The van der Waals surface area contributed by atoms with Crippen LogP contribution in [0.1, 0.15) is 15.9 Å². The van der Waals surface area contributed by atoms with Crippen molar-refractivity contribution in [1.82, 2.24) is 15.3 Å². The van der Waals surface area contributed by atoms with E-state index >= 15 is 0 Å². The van der Waals surface area contributed by atoms with E-state index in [1.54, 1.807) is 43.9 Å². The largest absolute Gasteiger partial charge is 0.497 e. The van der Waals surface area contributed by atoms with Crippen LogP contribution in [0.5, 0.6) is 5.75 Å². The van der Waals surface area contributed by atoms with E-state index in [4.69, 9.17) is 4.74 Å². The van der Waals surface area contributed by atoms with Gasteiger partial charge in [0.15, 0.2) is 0 Å². The molecule has 3 aromatic rings. The lowest BCUT2D eigenvalue weighted by atomic mass is 10.1. The van der Waals surface area contributed by atoms with Gasteiger partial charge in [0.2, 0.25) is 0 Å². The molecule has 3 rings (SSSR count). The van der Waals surface area contributed by atoms with E-state index in [2.05, 4.69) is 31.2 Å². The number of carbonyl (C=O) groups excluding carboxylic acids is 1. The molecule has 0 saturated heterocycles. The highest BCUT2D eigenvalue weighted by atomic mass is 79.9. The van der Waals surface area contributed by atoms with Crippen LogP contribution < -0.4 is 10.1 Å². The molecule has 0 fully saturated rings. The number of pyridine rings is 2. The highest BCUT2D eigenvalue weighted by molar-refractivity contribution is 9.10. The molecule has 0 aliphatic rings. The average Bonchev–Trinajstić information content (AvgIpc) is 2.67. The van der Waals surface area contributed by atoms with E-state index in [-0.39, 0.29) is 5.91 Å². The van der Waals surface area contributed by atoms with Crippen LogP contribution in [-0.2, 0) is 6.54 Å². The van der Waals surface area contributed by atoms with Crippen LogP contribution in [0.4, 0.5) is 0 Å². The van der Waals surface area contributed by atoms with Crippen molar-refractivity contribution in [3.63, 3.8) is 0 Å². The quantitative estimate of drug-likeness (QED) is 0.709. The van der Waals surface area contributed by atoms with Crippen LogP contribution in [0.25, 0.3) is 11.3 Å². The summed E-state index contributed by atoms with van der Waals surface area (Å²) in [5.74, 6) is 0.463. The normalized spacial score (nSPS) is 10.3. The van der Waals surface area contributed by atoms with Gasteiger partial charge in [-0.05, 0) is 64.0 Å². The van der Waals surface area contributed by atoms with Crippen molar-refractivity contribution in [3.8, 4) is 17.0 Å². The highest BCUT2D eigenvalue weighted by Gasteiger charge is 2.11. The van der Waals surface area contributed by atoms with Gasteiger partial charge in [-0.15, -0.1) is 0 Å². The molecular weight excluding hydrogens is 382 g/mol. The predicted molar refractivity (Wildman–Crippen MR) is 99.3 cm³/mol. The lowest BCUT2D eigenvalue weighted by Crippen LogP contribution is -2.23. The third kappa shape index (κ3) is 4.22. The maximum atomic E-state index is 12.4. The summed E-state index contributed by atoms with van der Waals surface area (Å²) < 4.78 is 5.89. The number of halogens is 1. The van der Waals surface area contributed by atoms with Crippen molar-refractivity contribution < 1.29 is 9.53 Å². The van der Waals surface area contributed by atoms with Gasteiger partial charge >= 0.3 is 0 Å². The average molecular weight is 398 g/mol. The number of methoxy groups -OCH3 is 1. The van der Waals surface area contributed by atoms with Gasteiger partial charge in [0.05, 0.1) is 18.4 Å². The van der Waals surface area contributed by atoms with Gasteiger partial charge in [-0.25, -0.2) is 0 Å². The molecule has 1 N–H and O–H groups in total. The summed E-state index contributed by atoms with van der Waals surface area (Å²) in [6.45, 7) is 0.406. The lowest BCUT2D eigenvalue weighted by molar-refractivity contribution is 0.0950. The SMILES string of the molecule is COc1ccc(Br)c(C(=O)NCc2ccnc(-c3ccncc3)c2)c1. The molecule has 1 aromatic carbocycles. The van der Waals surface area contributed by atoms with Crippen molar-refractivity contribution in [2.24, 2.45) is 0 Å². The molecule has 126 valence electrons. The summed E-state index contributed by atoms with van der Waals surface area (Å²) in [5, 5.41) is 2.92. The number of ether oxygens (including phenoxy) is 1. The molecule has 2 heterocycles. The van der Waals surface area contributed by atoms with E-state index in [0.29, 0.717) is 17.9 Å². The Balaban J connectivity index is 1.73. The molecule has 2 aromatic heterocycles. The number of carbonyl (C=O) groups is 1. The second-order valence-corrected chi connectivity index (χ2v) is 6.17. The van der Waals surface area contributed by atoms with Crippen LogP contribution in [0.15, 0.2) is 65.5 Å². The summed E-state index contributed by atoms with van der Waals surface area (Å²) in [7, 11) is 1.57. The Morgan fingerprint density at radius 3 is 2.68 bits per heavy atom. The fourth-order valence-electron chi connectivity index (χ4n) is 2.35. The van der Waals surface area contributed by atoms with E-state index in [9.17, 15) is 4.79 Å². The third-order valence-corrected chi connectivity index (χ3v) is 4.36. The van der Waals surface area contributed by atoms with Gasteiger partial charge in [-0.3, -0.25) is 14.8 Å². The third-order valence-electron chi connectivity index (χ3n) is 3.67. The second-order valence-electron chi connectivity index (χ2n) is 5.31. The fraction of sp³-hybridized carbons (Fsp3) is 0.105. The Morgan fingerprint density at radius 2 is 1.92 bits per heavy atom. The van der Waals surface area contributed by atoms with Gasteiger partial charge < -0.3 is 10.1 Å². The first kappa shape index (κ1) is 17.1. The molecular formula is C19H16BrN3O2. The van der Waals surface area contributed by atoms with E-state index < -0.39 is 0 Å². The van der Waals surface area contributed by atoms with E-state index in [1.165, 1.54) is 0 Å². The summed E-state index contributed by atoms with van der Waals surface area (Å²) in [5.41, 5.74) is 3.33. The Bertz CT molecular complexity index is 885. The summed E-state index contributed by atoms with van der Waals surface area (Å²) in [4.78, 5) is 20.8. The summed E-state index contributed by atoms with van der Waals surface area (Å²) >= 11 is 3.40. The van der Waals surface area contributed by atoms with Gasteiger partial charge in [0, 0.05) is 35.2 Å². The zero-order chi connectivity index (χ0) is 17.6. The maximum Gasteiger partial charge on any atom is 0.252 e. The second kappa shape index (κ2) is 7.90. The minimum absolute atomic E-state index is 0.173.